The molecule has 0 spiro atoms. The molecule has 3 aromatic rings. The smallest absolute Gasteiger partial charge is 0.197 e. The molecule has 2 heteroatoms. The first-order chi connectivity index (χ1) is 10.7. The molecule has 0 atom stereocenters. The number of fused-ring (bicyclic) bond motifs is 2. The molecule has 1 heterocycles. The van der Waals surface area contributed by atoms with E-state index in [0.29, 0.717) is 0 Å². The lowest BCUT2D eigenvalue weighted by molar-refractivity contribution is 1.21. The number of rotatable bonds is 0. The van der Waals surface area contributed by atoms with Crippen LogP contribution in [0.2, 0.25) is 0 Å². The number of nitrogens with one attached hydrogen (secondary N) is 1. The van der Waals surface area contributed by atoms with E-state index in [1.54, 1.807) is 0 Å². The normalized spacial score (nSPS) is 11.7. The molecule has 0 saturated carbocycles. The van der Waals surface area contributed by atoms with Crippen LogP contribution in [0.5, 0.6) is 0 Å². The maximum atomic E-state index is 13.3. The van der Waals surface area contributed by atoms with Crippen molar-refractivity contribution in [2.75, 3.05) is 0 Å². The third kappa shape index (κ3) is 1.90. The Morgan fingerprint density at radius 3 is 1.13 bits per heavy atom. The van der Waals surface area contributed by atoms with E-state index in [0.717, 1.165) is 32.9 Å². The molecule has 2 nitrogen and oxygen atoms in total. The van der Waals surface area contributed by atoms with Gasteiger partial charge in [0, 0.05) is 10.8 Å². The minimum Gasteiger partial charge on any atom is -0.354 e. The van der Waals surface area contributed by atoms with Gasteiger partial charge in [0.1, 0.15) is 0 Å². The van der Waals surface area contributed by atoms with Crippen LogP contribution in [0.1, 0.15) is 44.5 Å². The Morgan fingerprint density at radius 1 is 0.478 bits per heavy atom. The van der Waals surface area contributed by atoms with Gasteiger partial charge in [-0.15, -0.1) is 0 Å². The van der Waals surface area contributed by atoms with E-state index in [1.807, 2.05) is 0 Å². The molecule has 0 radical (unpaired) electrons. The maximum absolute atomic E-state index is 13.3. The fourth-order valence-electron chi connectivity index (χ4n) is 3.76. The lowest BCUT2D eigenvalue weighted by atomic mass is 9.90. The van der Waals surface area contributed by atoms with Gasteiger partial charge < -0.3 is 4.98 Å². The summed E-state index contributed by atoms with van der Waals surface area (Å²) in [4.78, 5) is 16.9. The predicted molar refractivity (Wildman–Crippen MR) is 100.0 cm³/mol. The molecule has 0 aliphatic rings. The molecular formula is C21H25NO. The molecule has 0 aliphatic carbocycles. The van der Waals surface area contributed by atoms with Crippen LogP contribution in [0.15, 0.2) is 4.79 Å². The van der Waals surface area contributed by atoms with Crippen molar-refractivity contribution in [2.45, 2.75) is 55.4 Å². The van der Waals surface area contributed by atoms with Crippen LogP contribution >= 0.6 is 0 Å². The summed E-state index contributed by atoms with van der Waals surface area (Å²) >= 11 is 0. The van der Waals surface area contributed by atoms with Gasteiger partial charge in [0.25, 0.3) is 0 Å². The summed E-state index contributed by atoms with van der Waals surface area (Å²) in [6, 6.07) is 0. The van der Waals surface area contributed by atoms with Crippen molar-refractivity contribution in [3.8, 4) is 0 Å². The van der Waals surface area contributed by atoms with Crippen LogP contribution in [0, 0.1) is 55.4 Å². The van der Waals surface area contributed by atoms with E-state index >= 15 is 0 Å². The van der Waals surface area contributed by atoms with Crippen LogP contribution in [-0.4, -0.2) is 4.98 Å². The first-order valence-corrected chi connectivity index (χ1v) is 8.20. The van der Waals surface area contributed by atoms with Crippen LogP contribution in [0.4, 0.5) is 0 Å². The quantitative estimate of drug-likeness (QED) is 0.572. The van der Waals surface area contributed by atoms with Crippen LogP contribution in [0.3, 0.4) is 0 Å². The molecule has 0 aliphatic heterocycles. The topological polar surface area (TPSA) is 32.9 Å². The number of benzene rings is 2. The number of H-pyrrole nitrogens is 1. The summed E-state index contributed by atoms with van der Waals surface area (Å²) < 4.78 is 0. The molecule has 1 aromatic heterocycles. The highest BCUT2D eigenvalue weighted by Crippen LogP contribution is 2.31. The standard InChI is InChI=1S/C21H25NO/c1-9-11(3)15(7)19-17(13(9)5)21(23)18-14(6)10(2)12(4)16(8)20(18)22-19/h1-8H3,(H,22,23). The SMILES string of the molecule is Cc1c(C)c(C)c2c(=O)c3c(C)c(C)c(C)c(C)c3[nH]c2c1C. The Kier molecular flexibility index (Phi) is 3.40. The second-order valence-corrected chi connectivity index (χ2v) is 6.95. The Bertz CT molecular complexity index is 971. The number of pyridine rings is 1. The summed E-state index contributed by atoms with van der Waals surface area (Å²) in [5, 5.41) is 1.70. The molecule has 0 bridgehead atoms. The first-order valence-electron chi connectivity index (χ1n) is 8.20. The molecule has 0 unspecified atom stereocenters. The van der Waals surface area contributed by atoms with Crippen molar-refractivity contribution in [3.63, 3.8) is 0 Å². The van der Waals surface area contributed by atoms with Crippen LogP contribution in [0.25, 0.3) is 21.8 Å². The summed E-state index contributed by atoms with van der Waals surface area (Å²) in [7, 11) is 0. The van der Waals surface area contributed by atoms with Crippen molar-refractivity contribution in [2.24, 2.45) is 0 Å². The maximum Gasteiger partial charge on any atom is 0.197 e. The number of aromatic amines is 1. The fraction of sp³-hybridized carbons (Fsp3) is 0.381. The molecule has 0 fully saturated rings. The molecule has 3 rings (SSSR count). The summed E-state index contributed by atoms with van der Waals surface area (Å²) in [5.41, 5.74) is 11.7. The van der Waals surface area contributed by atoms with E-state index in [-0.39, 0.29) is 5.43 Å². The van der Waals surface area contributed by atoms with Gasteiger partial charge >= 0.3 is 0 Å². The average Bonchev–Trinajstić information content (AvgIpc) is 2.53. The molecule has 23 heavy (non-hydrogen) atoms. The Balaban J connectivity index is 2.77. The largest absolute Gasteiger partial charge is 0.354 e. The highest BCUT2D eigenvalue weighted by molar-refractivity contribution is 5.99. The van der Waals surface area contributed by atoms with Gasteiger partial charge in [0.15, 0.2) is 5.43 Å². The van der Waals surface area contributed by atoms with E-state index in [1.165, 1.54) is 33.4 Å². The van der Waals surface area contributed by atoms with E-state index < -0.39 is 0 Å². The number of aromatic nitrogens is 1. The monoisotopic (exact) mass is 307 g/mol. The zero-order valence-electron chi connectivity index (χ0n) is 15.4. The number of hydrogen-bond donors (Lipinski definition) is 1. The van der Waals surface area contributed by atoms with Crippen molar-refractivity contribution in [3.05, 3.63) is 54.7 Å². The first kappa shape index (κ1) is 15.8. The second kappa shape index (κ2) is 4.95. The zero-order valence-corrected chi connectivity index (χ0v) is 15.4. The van der Waals surface area contributed by atoms with Gasteiger partial charge in [-0.1, -0.05) is 0 Å². The fourth-order valence-corrected chi connectivity index (χ4v) is 3.76. The predicted octanol–water partition coefficient (Wildman–Crippen LogP) is 5.15. The lowest BCUT2D eigenvalue weighted by Crippen LogP contribution is -2.12. The lowest BCUT2D eigenvalue weighted by Gasteiger charge is -2.18. The van der Waals surface area contributed by atoms with Gasteiger partial charge in [0.2, 0.25) is 0 Å². The van der Waals surface area contributed by atoms with E-state index in [2.05, 4.69) is 60.4 Å². The zero-order chi connectivity index (χ0) is 17.2. The van der Waals surface area contributed by atoms with Crippen molar-refractivity contribution in [1.82, 2.24) is 4.98 Å². The number of hydrogen-bond acceptors (Lipinski definition) is 1. The highest BCUT2D eigenvalue weighted by Gasteiger charge is 2.18. The van der Waals surface area contributed by atoms with Gasteiger partial charge in [-0.05, 0) is 99.9 Å². The molecule has 120 valence electrons. The Labute approximate surface area is 137 Å². The van der Waals surface area contributed by atoms with Crippen molar-refractivity contribution in [1.29, 1.82) is 0 Å². The minimum absolute atomic E-state index is 0.168. The summed E-state index contributed by atoms with van der Waals surface area (Å²) in [6.07, 6.45) is 0. The molecule has 0 saturated heterocycles. The van der Waals surface area contributed by atoms with Gasteiger partial charge in [0.05, 0.1) is 11.0 Å². The molecule has 2 aromatic carbocycles. The highest BCUT2D eigenvalue weighted by atomic mass is 16.1. The third-order valence-electron chi connectivity index (χ3n) is 6.08. The summed E-state index contributed by atoms with van der Waals surface area (Å²) in [6.45, 7) is 16.8. The molecule has 1 N–H and O–H groups in total. The Morgan fingerprint density at radius 2 is 0.783 bits per heavy atom. The van der Waals surface area contributed by atoms with Crippen LogP contribution < -0.4 is 5.43 Å². The minimum atomic E-state index is 0.168. The second-order valence-electron chi connectivity index (χ2n) is 6.95. The average molecular weight is 307 g/mol. The van der Waals surface area contributed by atoms with Gasteiger partial charge in [-0.2, -0.15) is 0 Å². The van der Waals surface area contributed by atoms with Gasteiger partial charge in [-0.25, -0.2) is 0 Å². The van der Waals surface area contributed by atoms with E-state index in [9.17, 15) is 4.79 Å². The Hall–Kier alpha value is -2.09. The summed E-state index contributed by atoms with van der Waals surface area (Å²) in [5.74, 6) is 0. The van der Waals surface area contributed by atoms with Crippen LogP contribution in [-0.2, 0) is 0 Å². The van der Waals surface area contributed by atoms with E-state index in [4.69, 9.17) is 0 Å². The number of aryl methyl sites for hydroxylation is 4. The third-order valence-corrected chi connectivity index (χ3v) is 6.08. The molecule has 0 amide bonds. The van der Waals surface area contributed by atoms with Crippen molar-refractivity contribution < 1.29 is 0 Å². The van der Waals surface area contributed by atoms with Gasteiger partial charge in [-0.3, -0.25) is 4.79 Å². The van der Waals surface area contributed by atoms with Crippen molar-refractivity contribution >= 4 is 21.8 Å². The molecular weight excluding hydrogens is 282 g/mol.